The molecule has 1 N–H and O–H groups in total. The van der Waals surface area contributed by atoms with E-state index in [1.807, 2.05) is 0 Å². The molecule has 1 fully saturated rings. The Morgan fingerprint density at radius 3 is 2.00 bits per heavy atom. The molecule has 1 saturated heterocycles. The van der Waals surface area contributed by atoms with Crippen LogP contribution < -0.4 is 5.64 Å². The molecule has 0 aromatic carbocycles. The number of carbonyl (C=O) groups excluding carboxylic acids is 2. The lowest BCUT2D eigenvalue weighted by Crippen LogP contribution is -2.32. The largest absolute Gasteiger partial charge is 0.340 e. The minimum absolute atomic E-state index is 0.313. The van der Waals surface area contributed by atoms with Crippen LogP contribution in [0.5, 0.6) is 0 Å². The van der Waals surface area contributed by atoms with E-state index in [0.717, 1.165) is 0 Å². The summed E-state index contributed by atoms with van der Waals surface area (Å²) in [6.07, 6.45) is -0.313. The highest BCUT2D eigenvalue weighted by Gasteiger charge is 2.17. The molecule has 1 aliphatic rings. The maximum atomic E-state index is 10.1. The fourth-order valence-corrected chi connectivity index (χ4v) is 0.304. The fourth-order valence-electron chi connectivity index (χ4n) is 0.304. The SMILES string of the molecule is O=C1CC(=O)ONO1. The highest BCUT2D eigenvalue weighted by Crippen LogP contribution is 1.92. The van der Waals surface area contributed by atoms with Gasteiger partial charge in [0, 0.05) is 5.64 Å². The van der Waals surface area contributed by atoms with E-state index in [0.29, 0.717) is 0 Å². The number of rotatable bonds is 0. The number of hydrogen-bond acceptors (Lipinski definition) is 5. The number of hydrogen-bond donors (Lipinski definition) is 1. The van der Waals surface area contributed by atoms with Crippen LogP contribution >= 0.6 is 0 Å². The van der Waals surface area contributed by atoms with Crippen LogP contribution in [-0.2, 0) is 19.3 Å². The van der Waals surface area contributed by atoms with Gasteiger partial charge in [0.15, 0.2) is 0 Å². The molecule has 0 aromatic heterocycles. The van der Waals surface area contributed by atoms with Crippen LogP contribution in [0.4, 0.5) is 0 Å². The van der Waals surface area contributed by atoms with Crippen molar-refractivity contribution in [1.29, 1.82) is 0 Å². The van der Waals surface area contributed by atoms with E-state index >= 15 is 0 Å². The minimum Gasteiger partial charge on any atom is -0.335 e. The van der Waals surface area contributed by atoms with Gasteiger partial charge in [0.05, 0.1) is 0 Å². The lowest BCUT2D eigenvalue weighted by molar-refractivity contribution is -0.213. The summed E-state index contributed by atoms with van der Waals surface area (Å²) in [6.45, 7) is 0. The van der Waals surface area contributed by atoms with E-state index in [9.17, 15) is 9.59 Å². The molecule has 8 heavy (non-hydrogen) atoms. The van der Waals surface area contributed by atoms with Gasteiger partial charge in [0.1, 0.15) is 6.42 Å². The van der Waals surface area contributed by atoms with Crippen LogP contribution in [0.15, 0.2) is 0 Å². The first-order chi connectivity index (χ1) is 3.79. The lowest BCUT2D eigenvalue weighted by Gasteiger charge is -2.08. The van der Waals surface area contributed by atoms with Crippen molar-refractivity contribution in [1.82, 2.24) is 5.64 Å². The fraction of sp³-hybridized carbons (Fsp3) is 0.333. The Bertz CT molecular complexity index is 117. The zero-order chi connectivity index (χ0) is 5.98. The predicted molar refractivity (Wildman–Crippen MR) is 19.9 cm³/mol. The second kappa shape index (κ2) is 1.79. The highest BCUT2D eigenvalue weighted by molar-refractivity contribution is 5.91. The zero-order valence-electron chi connectivity index (χ0n) is 3.84. The summed E-state index contributed by atoms with van der Waals surface area (Å²) < 4.78 is 0. The molecular formula is C3H3NO4. The third-order valence-electron chi connectivity index (χ3n) is 0.600. The molecule has 5 heteroatoms. The average molecular weight is 117 g/mol. The maximum absolute atomic E-state index is 10.1. The van der Waals surface area contributed by atoms with Crippen molar-refractivity contribution in [2.24, 2.45) is 0 Å². The van der Waals surface area contributed by atoms with Crippen LogP contribution in [-0.4, -0.2) is 11.9 Å². The number of carbonyl (C=O) groups is 2. The van der Waals surface area contributed by atoms with Crippen LogP contribution in [0.3, 0.4) is 0 Å². The van der Waals surface area contributed by atoms with Gasteiger partial charge in [-0.3, -0.25) is 0 Å². The van der Waals surface area contributed by atoms with Gasteiger partial charge in [-0.15, -0.1) is 0 Å². The molecule has 0 aromatic rings. The quantitative estimate of drug-likeness (QED) is 0.408. The van der Waals surface area contributed by atoms with Crippen molar-refractivity contribution >= 4 is 11.9 Å². The van der Waals surface area contributed by atoms with E-state index in [-0.39, 0.29) is 6.42 Å². The minimum atomic E-state index is -0.624. The van der Waals surface area contributed by atoms with Gasteiger partial charge in [0.2, 0.25) is 0 Å². The summed E-state index contributed by atoms with van der Waals surface area (Å²) in [7, 11) is 0. The Morgan fingerprint density at radius 2 is 1.75 bits per heavy atom. The number of nitrogens with one attached hydrogen (secondary N) is 1. The Labute approximate surface area is 44.5 Å². The molecule has 5 nitrogen and oxygen atoms in total. The summed E-state index contributed by atoms with van der Waals surface area (Å²) in [5.74, 6) is -1.25. The Hall–Kier alpha value is -1.10. The van der Waals surface area contributed by atoms with Gasteiger partial charge in [-0.25, -0.2) is 9.59 Å². The molecule has 0 unspecified atom stereocenters. The van der Waals surface area contributed by atoms with Crippen molar-refractivity contribution in [3.63, 3.8) is 0 Å². The summed E-state index contributed by atoms with van der Waals surface area (Å²) in [5.41, 5.74) is 1.69. The molecule has 1 rings (SSSR count). The summed E-state index contributed by atoms with van der Waals surface area (Å²) >= 11 is 0. The van der Waals surface area contributed by atoms with Crippen LogP contribution in [0, 0.1) is 0 Å². The Balaban J connectivity index is 2.45. The standard InChI is InChI=1S/C3H3NO4/c5-2-1-3(6)8-4-7-2/h4H,1H2. The summed E-state index contributed by atoms with van der Waals surface area (Å²) in [4.78, 5) is 28.2. The first-order valence-corrected chi connectivity index (χ1v) is 1.93. The molecule has 0 amide bonds. The van der Waals surface area contributed by atoms with Crippen molar-refractivity contribution in [2.45, 2.75) is 6.42 Å². The van der Waals surface area contributed by atoms with Crippen LogP contribution in [0.2, 0.25) is 0 Å². The molecule has 1 aliphatic heterocycles. The normalized spacial score (nSPS) is 19.5. The molecular weight excluding hydrogens is 114 g/mol. The topological polar surface area (TPSA) is 64.6 Å². The van der Waals surface area contributed by atoms with Crippen LogP contribution in [0.25, 0.3) is 0 Å². The molecule has 1 heterocycles. The van der Waals surface area contributed by atoms with E-state index < -0.39 is 11.9 Å². The predicted octanol–water partition coefficient (Wildman–Crippen LogP) is -1.10. The molecule has 0 radical (unpaired) electrons. The van der Waals surface area contributed by atoms with Gasteiger partial charge < -0.3 is 9.68 Å². The summed E-state index contributed by atoms with van der Waals surface area (Å²) in [5, 5.41) is 0. The third-order valence-corrected chi connectivity index (χ3v) is 0.600. The molecule has 44 valence electrons. The van der Waals surface area contributed by atoms with Gasteiger partial charge >= 0.3 is 11.9 Å². The molecule has 0 saturated carbocycles. The van der Waals surface area contributed by atoms with E-state index in [4.69, 9.17) is 0 Å². The van der Waals surface area contributed by atoms with Crippen molar-refractivity contribution < 1.29 is 19.3 Å². The molecule has 0 spiro atoms. The average Bonchev–Trinajstić information content (AvgIpc) is 1.64. The second-order valence-electron chi connectivity index (χ2n) is 1.21. The first kappa shape index (κ1) is 5.04. The van der Waals surface area contributed by atoms with E-state index in [2.05, 4.69) is 9.68 Å². The van der Waals surface area contributed by atoms with Gasteiger partial charge in [-0.1, -0.05) is 0 Å². The second-order valence-corrected chi connectivity index (χ2v) is 1.21. The Morgan fingerprint density at radius 1 is 1.25 bits per heavy atom. The van der Waals surface area contributed by atoms with Crippen LogP contribution in [0.1, 0.15) is 6.42 Å². The lowest BCUT2D eigenvalue weighted by atomic mass is 10.4. The zero-order valence-corrected chi connectivity index (χ0v) is 3.84. The van der Waals surface area contributed by atoms with Gasteiger partial charge in [-0.05, 0) is 0 Å². The van der Waals surface area contributed by atoms with E-state index in [1.54, 1.807) is 5.64 Å². The molecule has 0 aliphatic carbocycles. The Kier molecular flexibility index (Phi) is 1.13. The smallest absolute Gasteiger partial charge is 0.335 e. The highest BCUT2D eigenvalue weighted by atomic mass is 16.9. The van der Waals surface area contributed by atoms with Crippen molar-refractivity contribution in [3.05, 3.63) is 0 Å². The summed E-state index contributed by atoms with van der Waals surface area (Å²) in [6, 6.07) is 0. The van der Waals surface area contributed by atoms with E-state index in [1.165, 1.54) is 0 Å². The van der Waals surface area contributed by atoms with Gasteiger partial charge in [-0.2, -0.15) is 0 Å². The first-order valence-electron chi connectivity index (χ1n) is 1.93. The monoisotopic (exact) mass is 117 g/mol. The maximum Gasteiger partial charge on any atom is 0.340 e. The molecule has 0 bridgehead atoms. The van der Waals surface area contributed by atoms with Gasteiger partial charge in [0.25, 0.3) is 0 Å². The van der Waals surface area contributed by atoms with Crippen molar-refractivity contribution in [2.75, 3.05) is 0 Å². The molecule has 0 atom stereocenters. The van der Waals surface area contributed by atoms with Crippen molar-refractivity contribution in [3.8, 4) is 0 Å². The third kappa shape index (κ3) is 0.941.